The number of halogens is 1. The highest BCUT2D eigenvalue weighted by Gasteiger charge is 2.11. The van der Waals surface area contributed by atoms with Gasteiger partial charge in [0.15, 0.2) is 6.61 Å². The number of imidazole rings is 1. The zero-order valence-electron chi connectivity index (χ0n) is 17.1. The van der Waals surface area contributed by atoms with Crippen molar-refractivity contribution in [2.45, 2.75) is 19.4 Å². The van der Waals surface area contributed by atoms with E-state index in [1.165, 1.54) is 12.1 Å². The maximum Gasteiger partial charge on any atom is 0.257 e. The van der Waals surface area contributed by atoms with E-state index in [0.29, 0.717) is 18.8 Å². The molecule has 0 fully saturated rings. The minimum absolute atomic E-state index is 0.00685. The molecule has 6 heteroatoms. The van der Waals surface area contributed by atoms with E-state index < -0.39 is 0 Å². The van der Waals surface area contributed by atoms with E-state index in [1.54, 1.807) is 12.1 Å². The van der Waals surface area contributed by atoms with Gasteiger partial charge in [0.1, 0.15) is 17.4 Å². The molecule has 31 heavy (non-hydrogen) atoms. The van der Waals surface area contributed by atoms with Crippen molar-refractivity contribution in [3.05, 3.63) is 96.1 Å². The van der Waals surface area contributed by atoms with E-state index in [0.717, 1.165) is 35.3 Å². The predicted molar refractivity (Wildman–Crippen MR) is 119 cm³/mol. The van der Waals surface area contributed by atoms with Gasteiger partial charge in [0.25, 0.3) is 5.91 Å². The van der Waals surface area contributed by atoms with Crippen LogP contribution in [-0.2, 0) is 17.8 Å². The highest BCUT2D eigenvalue weighted by Crippen LogP contribution is 2.19. The van der Waals surface area contributed by atoms with Crippen LogP contribution in [0, 0.1) is 5.82 Å². The second kappa shape index (κ2) is 9.89. The molecule has 1 aromatic heterocycles. The number of ether oxygens (including phenoxy) is 1. The van der Waals surface area contributed by atoms with Crippen molar-refractivity contribution < 1.29 is 13.9 Å². The van der Waals surface area contributed by atoms with Gasteiger partial charge < -0.3 is 14.6 Å². The van der Waals surface area contributed by atoms with Gasteiger partial charge >= 0.3 is 0 Å². The maximum absolute atomic E-state index is 13.3. The number of amides is 1. The zero-order chi connectivity index (χ0) is 21.5. The van der Waals surface area contributed by atoms with Gasteiger partial charge in [-0.15, -0.1) is 0 Å². The summed E-state index contributed by atoms with van der Waals surface area (Å²) in [6, 6.07) is 23.8. The summed E-state index contributed by atoms with van der Waals surface area (Å²) in [5, 5.41) is 2.89. The van der Waals surface area contributed by atoms with Crippen LogP contribution < -0.4 is 10.1 Å². The molecule has 5 nitrogen and oxygen atoms in total. The number of hydrogen-bond acceptors (Lipinski definition) is 3. The van der Waals surface area contributed by atoms with E-state index in [2.05, 4.69) is 9.88 Å². The summed E-state index contributed by atoms with van der Waals surface area (Å²) in [7, 11) is 0. The van der Waals surface area contributed by atoms with Crippen molar-refractivity contribution >= 4 is 16.9 Å². The van der Waals surface area contributed by atoms with Gasteiger partial charge in [-0.3, -0.25) is 4.79 Å². The fourth-order valence-electron chi connectivity index (χ4n) is 3.46. The Hall–Kier alpha value is -3.67. The quantitative estimate of drug-likeness (QED) is 0.412. The van der Waals surface area contributed by atoms with Crippen molar-refractivity contribution in [2.75, 3.05) is 13.2 Å². The summed E-state index contributed by atoms with van der Waals surface area (Å²) in [6.07, 6.45) is 1.47. The second-order valence-corrected chi connectivity index (χ2v) is 7.28. The molecule has 158 valence electrons. The number of rotatable bonds is 9. The molecule has 1 heterocycles. The highest BCUT2D eigenvalue weighted by atomic mass is 19.1. The molecule has 0 bridgehead atoms. The zero-order valence-corrected chi connectivity index (χ0v) is 17.1. The number of nitrogens with zero attached hydrogens (tertiary/aromatic N) is 2. The molecule has 0 spiro atoms. The number of para-hydroxylation sites is 3. The Morgan fingerprint density at radius 2 is 1.71 bits per heavy atom. The first-order valence-electron chi connectivity index (χ1n) is 10.3. The third kappa shape index (κ3) is 5.48. The van der Waals surface area contributed by atoms with E-state index in [4.69, 9.17) is 9.72 Å². The molecule has 0 atom stereocenters. The number of carbonyl (C=O) groups is 1. The Bertz CT molecular complexity index is 1140. The van der Waals surface area contributed by atoms with Gasteiger partial charge in [0, 0.05) is 19.5 Å². The Morgan fingerprint density at radius 3 is 2.52 bits per heavy atom. The predicted octanol–water partition coefficient (Wildman–Crippen LogP) is 4.35. The average molecular weight is 417 g/mol. The van der Waals surface area contributed by atoms with Crippen LogP contribution in [0.1, 0.15) is 17.8 Å². The molecule has 0 aliphatic carbocycles. The van der Waals surface area contributed by atoms with Crippen LogP contribution in [0.5, 0.6) is 5.75 Å². The lowest BCUT2D eigenvalue weighted by molar-refractivity contribution is -0.123. The van der Waals surface area contributed by atoms with Crippen molar-refractivity contribution in [1.82, 2.24) is 14.9 Å². The maximum atomic E-state index is 13.3. The van der Waals surface area contributed by atoms with Crippen molar-refractivity contribution in [3.63, 3.8) is 0 Å². The smallest absolute Gasteiger partial charge is 0.257 e. The van der Waals surface area contributed by atoms with Crippen LogP contribution in [0.25, 0.3) is 11.0 Å². The number of aromatic nitrogens is 2. The molecule has 1 N–H and O–H groups in total. The summed E-state index contributed by atoms with van der Waals surface area (Å²) in [4.78, 5) is 16.8. The van der Waals surface area contributed by atoms with Gasteiger partial charge in [0.2, 0.25) is 0 Å². The van der Waals surface area contributed by atoms with Crippen LogP contribution in [0.4, 0.5) is 4.39 Å². The number of fused-ring (bicyclic) bond motifs is 1. The van der Waals surface area contributed by atoms with Gasteiger partial charge in [-0.1, -0.05) is 42.5 Å². The standard InChI is InChI=1S/C25H24FN3O2/c26-20-14-12-19(13-15-20)17-29-23-10-5-4-9-22(23)28-24(29)11-6-16-27-25(30)18-31-21-7-2-1-3-8-21/h1-5,7-10,12-15H,6,11,16-18H2,(H,27,30). The number of hydrogen-bond donors (Lipinski definition) is 1. The van der Waals surface area contributed by atoms with E-state index in [1.807, 2.05) is 54.6 Å². The third-order valence-corrected chi connectivity index (χ3v) is 5.00. The molecular formula is C25H24FN3O2. The first-order chi connectivity index (χ1) is 15.2. The minimum Gasteiger partial charge on any atom is -0.484 e. The molecular weight excluding hydrogens is 393 g/mol. The Labute approximate surface area is 180 Å². The van der Waals surface area contributed by atoms with Gasteiger partial charge in [-0.05, 0) is 48.4 Å². The molecule has 0 unspecified atom stereocenters. The molecule has 1 amide bonds. The fourth-order valence-corrected chi connectivity index (χ4v) is 3.46. The Balaban J connectivity index is 1.34. The molecule has 0 saturated heterocycles. The lowest BCUT2D eigenvalue weighted by Crippen LogP contribution is -2.30. The van der Waals surface area contributed by atoms with Gasteiger partial charge in [-0.25, -0.2) is 9.37 Å². The normalized spacial score (nSPS) is 10.9. The van der Waals surface area contributed by atoms with E-state index in [9.17, 15) is 9.18 Å². The van der Waals surface area contributed by atoms with Crippen molar-refractivity contribution in [1.29, 1.82) is 0 Å². The monoisotopic (exact) mass is 417 g/mol. The van der Waals surface area contributed by atoms with Crippen molar-refractivity contribution in [3.8, 4) is 5.75 Å². The van der Waals surface area contributed by atoms with Crippen LogP contribution in [-0.4, -0.2) is 28.6 Å². The van der Waals surface area contributed by atoms with Crippen LogP contribution in [0.2, 0.25) is 0 Å². The number of nitrogens with one attached hydrogen (secondary N) is 1. The number of benzene rings is 3. The second-order valence-electron chi connectivity index (χ2n) is 7.28. The first kappa shape index (κ1) is 20.6. The van der Waals surface area contributed by atoms with Crippen molar-refractivity contribution in [2.24, 2.45) is 0 Å². The summed E-state index contributed by atoms with van der Waals surface area (Å²) in [5.74, 6) is 1.22. The minimum atomic E-state index is -0.244. The van der Waals surface area contributed by atoms with Crippen LogP contribution in [0.3, 0.4) is 0 Å². The summed E-state index contributed by atoms with van der Waals surface area (Å²) in [6.45, 7) is 1.15. The lowest BCUT2D eigenvalue weighted by Gasteiger charge is -2.10. The average Bonchev–Trinajstić information content (AvgIpc) is 3.15. The van der Waals surface area contributed by atoms with Gasteiger partial charge in [0.05, 0.1) is 11.0 Å². The molecule has 4 aromatic rings. The number of carbonyl (C=O) groups excluding carboxylic acids is 1. The third-order valence-electron chi connectivity index (χ3n) is 5.00. The SMILES string of the molecule is O=C(COc1ccccc1)NCCCc1nc2ccccc2n1Cc1ccc(F)cc1. The highest BCUT2D eigenvalue weighted by molar-refractivity contribution is 5.77. The summed E-state index contributed by atoms with van der Waals surface area (Å²) in [5.41, 5.74) is 2.99. The summed E-state index contributed by atoms with van der Waals surface area (Å²) < 4.78 is 20.9. The molecule has 4 rings (SSSR count). The van der Waals surface area contributed by atoms with Crippen LogP contribution in [0.15, 0.2) is 78.9 Å². The molecule has 3 aromatic carbocycles. The fraction of sp³-hybridized carbons (Fsp3) is 0.200. The molecule has 0 saturated carbocycles. The molecule has 0 aliphatic heterocycles. The Kier molecular flexibility index (Phi) is 6.57. The molecule has 0 aliphatic rings. The van der Waals surface area contributed by atoms with E-state index >= 15 is 0 Å². The van der Waals surface area contributed by atoms with Gasteiger partial charge in [-0.2, -0.15) is 0 Å². The van der Waals surface area contributed by atoms with E-state index in [-0.39, 0.29) is 18.3 Å². The summed E-state index contributed by atoms with van der Waals surface area (Å²) >= 11 is 0. The lowest BCUT2D eigenvalue weighted by atomic mass is 10.2. The number of aryl methyl sites for hydroxylation is 1. The largest absolute Gasteiger partial charge is 0.484 e. The topological polar surface area (TPSA) is 56.1 Å². The molecule has 0 radical (unpaired) electrons. The van der Waals surface area contributed by atoms with Crippen LogP contribution >= 0.6 is 0 Å². The Morgan fingerprint density at radius 1 is 0.968 bits per heavy atom. The first-order valence-corrected chi connectivity index (χ1v) is 10.3.